The van der Waals surface area contributed by atoms with Crippen LogP contribution in [0.3, 0.4) is 0 Å². The number of methoxy groups -OCH3 is 1. The van der Waals surface area contributed by atoms with E-state index in [-0.39, 0.29) is 29.4 Å². The third kappa shape index (κ3) is 2.14. The molecule has 4 rings (SSSR count). The van der Waals surface area contributed by atoms with Crippen LogP contribution in [-0.4, -0.2) is 56.3 Å². The first-order valence-corrected chi connectivity index (χ1v) is 9.37. The fourth-order valence-corrected chi connectivity index (χ4v) is 6.00. The maximum Gasteiger partial charge on any atom is 0.243 e. The van der Waals surface area contributed by atoms with Crippen LogP contribution in [0.1, 0.15) is 12.8 Å². The van der Waals surface area contributed by atoms with Crippen molar-refractivity contribution in [2.24, 2.45) is 11.8 Å². The second kappa shape index (κ2) is 5.17. The van der Waals surface area contributed by atoms with Crippen LogP contribution in [-0.2, 0) is 14.8 Å². The lowest BCUT2D eigenvalue weighted by Crippen LogP contribution is -2.38. The number of hydrogen-bond acceptors (Lipinski definition) is 5. The van der Waals surface area contributed by atoms with Crippen molar-refractivity contribution >= 4 is 10.0 Å². The van der Waals surface area contributed by atoms with E-state index in [1.165, 1.54) is 4.31 Å². The first-order valence-electron chi connectivity index (χ1n) is 7.93. The average molecular weight is 339 g/mol. The Bertz CT molecular complexity index is 704. The van der Waals surface area contributed by atoms with Crippen molar-refractivity contribution in [1.29, 1.82) is 0 Å². The van der Waals surface area contributed by atoms with Crippen LogP contribution in [0.5, 0.6) is 5.75 Å². The number of hydrogen-bond donors (Lipinski definition) is 1. The number of rotatable bonds is 4. The molecule has 1 aromatic rings. The highest BCUT2D eigenvalue weighted by molar-refractivity contribution is 7.89. The van der Waals surface area contributed by atoms with Crippen molar-refractivity contribution < 1.29 is 23.0 Å². The molecule has 4 atom stereocenters. The molecule has 0 amide bonds. The molecule has 3 fully saturated rings. The van der Waals surface area contributed by atoms with Crippen LogP contribution in [0.25, 0.3) is 0 Å². The van der Waals surface area contributed by atoms with Crippen LogP contribution in [0.15, 0.2) is 29.2 Å². The van der Waals surface area contributed by atoms with Crippen molar-refractivity contribution in [2.45, 2.75) is 29.4 Å². The van der Waals surface area contributed by atoms with E-state index in [1.807, 2.05) is 0 Å². The van der Waals surface area contributed by atoms with Crippen molar-refractivity contribution in [1.82, 2.24) is 4.31 Å². The van der Waals surface area contributed by atoms with Gasteiger partial charge < -0.3 is 14.6 Å². The van der Waals surface area contributed by atoms with Gasteiger partial charge in [0.2, 0.25) is 10.0 Å². The molecule has 0 saturated carbocycles. The van der Waals surface area contributed by atoms with Gasteiger partial charge in [0.1, 0.15) is 5.75 Å². The summed E-state index contributed by atoms with van der Waals surface area (Å²) in [7, 11) is -2.00. The minimum atomic E-state index is -3.55. The zero-order valence-corrected chi connectivity index (χ0v) is 13.8. The Balaban J connectivity index is 1.61. The van der Waals surface area contributed by atoms with Gasteiger partial charge in [0, 0.05) is 31.5 Å². The van der Waals surface area contributed by atoms with Gasteiger partial charge in [0.05, 0.1) is 23.7 Å². The van der Waals surface area contributed by atoms with Gasteiger partial charge in [-0.05, 0) is 37.1 Å². The molecule has 0 aromatic heterocycles. The van der Waals surface area contributed by atoms with E-state index in [9.17, 15) is 13.5 Å². The highest BCUT2D eigenvalue weighted by Gasteiger charge is 2.64. The number of nitrogens with zero attached hydrogens (tertiary/aromatic N) is 1. The number of ether oxygens (including phenoxy) is 2. The summed E-state index contributed by atoms with van der Waals surface area (Å²) in [6.07, 6.45) is 1.89. The van der Waals surface area contributed by atoms with Crippen LogP contribution < -0.4 is 4.74 Å². The summed E-state index contributed by atoms with van der Waals surface area (Å²) in [6.45, 7) is 0.878. The van der Waals surface area contributed by atoms with Gasteiger partial charge in [0.25, 0.3) is 0 Å². The predicted molar refractivity (Wildman–Crippen MR) is 82.7 cm³/mol. The summed E-state index contributed by atoms with van der Waals surface area (Å²) < 4.78 is 38.5. The van der Waals surface area contributed by atoms with Gasteiger partial charge in [-0.2, -0.15) is 4.31 Å². The second-order valence-electron chi connectivity index (χ2n) is 6.69. The maximum absolute atomic E-state index is 12.9. The van der Waals surface area contributed by atoms with Gasteiger partial charge in [0.15, 0.2) is 0 Å². The molecule has 1 N–H and O–H groups in total. The lowest BCUT2D eigenvalue weighted by molar-refractivity contribution is 0.00644. The van der Waals surface area contributed by atoms with E-state index >= 15 is 0 Å². The third-order valence-electron chi connectivity index (χ3n) is 5.66. The summed E-state index contributed by atoms with van der Waals surface area (Å²) in [6, 6.07) is 6.45. The Morgan fingerprint density at radius 2 is 2.13 bits per heavy atom. The van der Waals surface area contributed by atoms with Gasteiger partial charge in [-0.25, -0.2) is 8.42 Å². The molecule has 7 heteroatoms. The smallest absolute Gasteiger partial charge is 0.243 e. The Hall–Kier alpha value is -1.15. The predicted octanol–water partition coefficient (Wildman–Crippen LogP) is 0.856. The fourth-order valence-electron chi connectivity index (χ4n) is 4.47. The first-order chi connectivity index (χ1) is 11.0. The third-order valence-corrected chi connectivity index (χ3v) is 7.49. The second-order valence-corrected chi connectivity index (χ2v) is 8.62. The zero-order chi connectivity index (χ0) is 16.2. The SMILES string of the molecule is COc1ccc(S(=O)(=O)N2C[C@@H]3[C@H](CO)[C@H]4CC[C@]3(C2)O4)cc1. The van der Waals surface area contributed by atoms with Crippen LogP contribution >= 0.6 is 0 Å². The quantitative estimate of drug-likeness (QED) is 0.880. The van der Waals surface area contributed by atoms with Crippen molar-refractivity contribution in [2.75, 3.05) is 26.8 Å². The maximum atomic E-state index is 12.9. The Morgan fingerprint density at radius 3 is 2.78 bits per heavy atom. The topological polar surface area (TPSA) is 76.1 Å². The minimum Gasteiger partial charge on any atom is -0.497 e. The van der Waals surface area contributed by atoms with Crippen molar-refractivity contribution in [3.05, 3.63) is 24.3 Å². The molecular formula is C16H21NO5S. The highest BCUT2D eigenvalue weighted by Crippen LogP contribution is 2.55. The Morgan fingerprint density at radius 1 is 1.39 bits per heavy atom. The first kappa shape index (κ1) is 15.4. The van der Waals surface area contributed by atoms with Crippen molar-refractivity contribution in [3.63, 3.8) is 0 Å². The van der Waals surface area contributed by atoms with Crippen LogP contribution in [0.2, 0.25) is 0 Å². The standard InChI is InChI=1S/C16H21NO5S/c1-21-11-2-4-12(5-3-11)23(19,20)17-8-14-13(9-18)15-6-7-16(14,10-17)22-15/h2-5,13-15,18H,6-10H2,1H3/t13-,14+,15+,16+/m0/s1. The van der Waals surface area contributed by atoms with Gasteiger partial charge in [-0.1, -0.05) is 0 Å². The molecule has 3 heterocycles. The van der Waals surface area contributed by atoms with Crippen LogP contribution in [0, 0.1) is 11.8 Å². The number of aliphatic hydroxyl groups is 1. The molecule has 6 nitrogen and oxygen atoms in total. The Labute approximate surface area is 136 Å². The number of fused-ring (bicyclic) bond motifs is 1. The van der Waals surface area contributed by atoms with Gasteiger partial charge in [-0.15, -0.1) is 0 Å². The van der Waals surface area contributed by atoms with E-state index in [0.29, 0.717) is 18.8 Å². The summed E-state index contributed by atoms with van der Waals surface area (Å²) in [4.78, 5) is 0.268. The molecule has 0 radical (unpaired) electrons. The number of benzene rings is 1. The molecule has 126 valence electrons. The lowest BCUT2D eigenvalue weighted by Gasteiger charge is -2.27. The molecule has 1 spiro atoms. The molecule has 2 bridgehead atoms. The molecule has 0 aliphatic carbocycles. The largest absolute Gasteiger partial charge is 0.497 e. The van der Waals surface area contributed by atoms with E-state index in [0.717, 1.165) is 12.8 Å². The van der Waals surface area contributed by atoms with Gasteiger partial charge in [-0.3, -0.25) is 0 Å². The molecule has 1 aromatic carbocycles. The molecule has 3 aliphatic rings. The molecule has 3 aliphatic heterocycles. The van der Waals surface area contributed by atoms with E-state index in [4.69, 9.17) is 9.47 Å². The van der Waals surface area contributed by atoms with Crippen LogP contribution in [0.4, 0.5) is 0 Å². The number of aliphatic hydroxyl groups excluding tert-OH is 1. The lowest BCUT2D eigenvalue weighted by atomic mass is 9.74. The summed E-state index contributed by atoms with van der Waals surface area (Å²) in [5, 5.41) is 9.63. The summed E-state index contributed by atoms with van der Waals surface area (Å²) in [5.74, 6) is 0.780. The molecule has 3 saturated heterocycles. The highest BCUT2D eigenvalue weighted by atomic mass is 32.2. The monoisotopic (exact) mass is 339 g/mol. The average Bonchev–Trinajstić information content (AvgIpc) is 3.22. The van der Waals surface area contributed by atoms with E-state index < -0.39 is 15.6 Å². The normalized spacial score (nSPS) is 36.3. The minimum absolute atomic E-state index is 0.0554. The fraction of sp³-hybridized carbons (Fsp3) is 0.625. The Kier molecular flexibility index (Phi) is 3.46. The van der Waals surface area contributed by atoms with Crippen molar-refractivity contribution in [3.8, 4) is 5.75 Å². The van der Waals surface area contributed by atoms with E-state index in [2.05, 4.69) is 0 Å². The number of sulfonamides is 1. The van der Waals surface area contributed by atoms with Gasteiger partial charge >= 0.3 is 0 Å². The molecule has 23 heavy (non-hydrogen) atoms. The van der Waals surface area contributed by atoms with E-state index in [1.54, 1.807) is 31.4 Å². The summed E-state index contributed by atoms with van der Waals surface area (Å²) in [5.41, 5.74) is -0.391. The molecule has 0 unspecified atom stereocenters. The summed E-state index contributed by atoms with van der Waals surface area (Å²) >= 11 is 0. The zero-order valence-electron chi connectivity index (χ0n) is 13.0. The molecular weight excluding hydrogens is 318 g/mol.